The molecule has 0 spiro atoms. The summed E-state index contributed by atoms with van der Waals surface area (Å²) in [6, 6.07) is 21.0. The number of anilines is 1. The van der Waals surface area contributed by atoms with E-state index in [0.717, 1.165) is 49.7 Å². The monoisotopic (exact) mass is 531 g/mol. The van der Waals surface area contributed by atoms with E-state index in [1.807, 2.05) is 30.3 Å². The summed E-state index contributed by atoms with van der Waals surface area (Å²) in [6.45, 7) is 5.48. The highest BCUT2D eigenvalue weighted by molar-refractivity contribution is 14.0. The molecule has 0 amide bonds. The van der Waals surface area contributed by atoms with Gasteiger partial charge in [0.1, 0.15) is 12.0 Å². The Bertz CT molecular complexity index is 937. The Morgan fingerprint density at radius 3 is 2.42 bits per heavy atom. The molecule has 6 nitrogen and oxygen atoms in total. The number of oxazole rings is 1. The summed E-state index contributed by atoms with van der Waals surface area (Å²) < 4.78 is 5.62. The smallest absolute Gasteiger partial charge is 0.226 e. The summed E-state index contributed by atoms with van der Waals surface area (Å²) in [6.07, 6.45) is 3.86. The van der Waals surface area contributed by atoms with Crippen molar-refractivity contribution in [1.29, 1.82) is 0 Å². The molecule has 1 saturated heterocycles. The Morgan fingerprint density at radius 1 is 1.06 bits per heavy atom. The number of aliphatic imine (C=N–C) groups is 1. The zero-order chi connectivity index (χ0) is 20.6. The van der Waals surface area contributed by atoms with Gasteiger partial charge in [0, 0.05) is 36.9 Å². The Balaban J connectivity index is 0.00000272. The third-order valence-electron chi connectivity index (χ3n) is 5.27. The largest absolute Gasteiger partial charge is 0.444 e. The summed E-state index contributed by atoms with van der Waals surface area (Å²) >= 11 is 0. The topological polar surface area (TPSA) is 65.7 Å². The lowest BCUT2D eigenvalue weighted by molar-refractivity contribution is 0.461. The van der Waals surface area contributed by atoms with E-state index in [0.29, 0.717) is 18.5 Å². The minimum absolute atomic E-state index is 0. The zero-order valence-corrected chi connectivity index (χ0v) is 20.2. The van der Waals surface area contributed by atoms with Crippen molar-refractivity contribution in [2.75, 3.05) is 24.5 Å². The number of para-hydroxylation sites is 1. The first-order valence-electron chi connectivity index (χ1n) is 10.7. The maximum atomic E-state index is 5.62. The number of hydrogen-bond acceptors (Lipinski definition) is 4. The molecule has 3 aromatic rings. The summed E-state index contributed by atoms with van der Waals surface area (Å²) in [7, 11) is 0. The van der Waals surface area contributed by atoms with Gasteiger partial charge >= 0.3 is 0 Å². The van der Waals surface area contributed by atoms with Crippen LogP contribution in [-0.4, -0.2) is 36.6 Å². The van der Waals surface area contributed by atoms with Crippen LogP contribution in [0.3, 0.4) is 0 Å². The summed E-state index contributed by atoms with van der Waals surface area (Å²) in [4.78, 5) is 11.7. The number of guanidine groups is 1. The fourth-order valence-electron chi connectivity index (χ4n) is 3.69. The van der Waals surface area contributed by atoms with Crippen molar-refractivity contribution >= 4 is 35.6 Å². The van der Waals surface area contributed by atoms with Gasteiger partial charge in [-0.2, -0.15) is 0 Å². The Labute approximate surface area is 201 Å². The quantitative estimate of drug-likeness (QED) is 0.275. The molecule has 2 N–H and O–H groups in total. The second kappa shape index (κ2) is 11.7. The average molecular weight is 531 g/mol. The third kappa shape index (κ3) is 6.46. The highest BCUT2D eigenvalue weighted by Gasteiger charge is 2.20. The average Bonchev–Trinajstić information content (AvgIpc) is 3.28. The predicted molar refractivity (Wildman–Crippen MR) is 137 cm³/mol. The van der Waals surface area contributed by atoms with Crippen LogP contribution in [0.15, 0.2) is 76.3 Å². The van der Waals surface area contributed by atoms with Gasteiger partial charge in [0.05, 0.1) is 6.54 Å². The first-order valence-corrected chi connectivity index (χ1v) is 10.7. The Morgan fingerprint density at radius 2 is 1.74 bits per heavy atom. The van der Waals surface area contributed by atoms with Crippen LogP contribution in [0.25, 0.3) is 11.5 Å². The fourth-order valence-corrected chi connectivity index (χ4v) is 3.69. The maximum absolute atomic E-state index is 5.62. The van der Waals surface area contributed by atoms with Crippen LogP contribution in [0.5, 0.6) is 0 Å². The zero-order valence-electron chi connectivity index (χ0n) is 17.8. The van der Waals surface area contributed by atoms with Crippen LogP contribution in [0.4, 0.5) is 5.69 Å². The van der Waals surface area contributed by atoms with Crippen molar-refractivity contribution < 1.29 is 4.42 Å². The molecule has 0 atom stereocenters. The Kier molecular flexibility index (Phi) is 8.75. The van der Waals surface area contributed by atoms with Gasteiger partial charge in [-0.15, -0.1) is 24.0 Å². The van der Waals surface area contributed by atoms with Crippen molar-refractivity contribution in [2.24, 2.45) is 4.99 Å². The molecule has 1 fully saturated rings. The van der Waals surface area contributed by atoms with Gasteiger partial charge in [-0.1, -0.05) is 36.4 Å². The van der Waals surface area contributed by atoms with E-state index in [1.165, 1.54) is 5.69 Å². The maximum Gasteiger partial charge on any atom is 0.226 e. The number of benzene rings is 2. The van der Waals surface area contributed by atoms with E-state index in [1.54, 1.807) is 6.26 Å². The molecule has 0 bridgehead atoms. The molecule has 164 valence electrons. The highest BCUT2D eigenvalue weighted by atomic mass is 127. The number of nitrogens with zero attached hydrogens (tertiary/aromatic N) is 3. The standard InChI is InChI=1S/C24H29N5O.HI/c1-2-25-24(26-17-21-18-30-23(27-21)19-9-5-3-6-10-19)28-20-13-15-29(16-14-20)22-11-7-4-8-12-22;/h3-12,18,20H,2,13-17H2,1H3,(H2,25,26,28);1H. The van der Waals surface area contributed by atoms with Gasteiger partial charge < -0.3 is 20.0 Å². The van der Waals surface area contributed by atoms with Crippen molar-refractivity contribution in [3.8, 4) is 11.5 Å². The van der Waals surface area contributed by atoms with Crippen LogP contribution in [0, 0.1) is 0 Å². The number of halogens is 1. The van der Waals surface area contributed by atoms with E-state index >= 15 is 0 Å². The summed E-state index contributed by atoms with van der Waals surface area (Å²) in [5, 5.41) is 6.94. The summed E-state index contributed by atoms with van der Waals surface area (Å²) in [5.74, 6) is 1.46. The number of nitrogens with one attached hydrogen (secondary N) is 2. The molecule has 2 heterocycles. The molecule has 2 aromatic carbocycles. The SMILES string of the molecule is CCNC(=NCc1coc(-c2ccccc2)n1)NC1CCN(c2ccccc2)CC1.I. The van der Waals surface area contributed by atoms with Gasteiger partial charge in [0.15, 0.2) is 5.96 Å². The van der Waals surface area contributed by atoms with Crippen LogP contribution >= 0.6 is 24.0 Å². The lowest BCUT2D eigenvalue weighted by Gasteiger charge is -2.34. The van der Waals surface area contributed by atoms with Crippen LogP contribution in [0.1, 0.15) is 25.5 Å². The van der Waals surface area contributed by atoms with E-state index in [-0.39, 0.29) is 24.0 Å². The van der Waals surface area contributed by atoms with Crippen molar-refractivity contribution in [3.05, 3.63) is 72.6 Å². The molecule has 7 heteroatoms. The molecule has 0 radical (unpaired) electrons. The second-order valence-corrected chi connectivity index (χ2v) is 7.45. The molecular weight excluding hydrogens is 501 g/mol. The van der Waals surface area contributed by atoms with Gasteiger partial charge in [0.2, 0.25) is 5.89 Å². The van der Waals surface area contributed by atoms with E-state index in [2.05, 4.69) is 57.8 Å². The molecule has 0 saturated carbocycles. The predicted octanol–water partition coefficient (Wildman–Crippen LogP) is 4.68. The lowest BCUT2D eigenvalue weighted by Crippen LogP contribution is -2.48. The van der Waals surface area contributed by atoms with Crippen molar-refractivity contribution in [3.63, 3.8) is 0 Å². The van der Waals surface area contributed by atoms with Gasteiger partial charge in [-0.25, -0.2) is 9.98 Å². The van der Waals surface area contributed by atoms with Crippen LogP contribution in [-0.2, 0) is 6.54 Å². The minimum atomic E-state index is 0. The van der Waals surface area contributed by atoms with Crippen molar-refractivity contribution in [2.45, 2.75) is 32.4 Å². The number of piperidine rings is 1. The Hall–Kier alpha value is -2.55. The molecule has 4 rings (SSSR count). The highest BCUT2D eigenvalue weighted by Crippen LogP contribution is 2.20. The van der Waals surface area contributed by atoms with Crippen LogP contribution < -0.4 is 15.5 Å². The third-order valence-corrected chi connectivity index (χ3v) is 5.27. The van der Waals surface area contributed by atoms with Crippen LogP contribution in [0.2, 0.25) is 0 Å². The summed E-state index contributed by atoms with van der Waals surface area (Å²) in [5.41, 5.74) is 3.10. The van der Waals surface area contributed by atoms with Gasteiger partial charge in [-0.05, 0) is 44.0 Å². The molecule has 1 aliphatic rings. The lowest BCUT2D eigenvalue weighted by atomic mass is 10.0. The normalized spacial score (nSPS) is 14.7. The molecule has 1 aromatic heterocycles. The molecule has 31 heavy (non-hydrogen) atoms. The van der Waals surface area contributed by atoms with Gasteiger partial charge in [-0.3, -0.25) is 0 Å². The van der Waals surface area contributed by atoms with E-state index in [9.17, 15) is 0 Å². The second-order valence-electron chi connectivity index (χ2n) is 7.45. The first-order chi connectivity index (χ1) is 14.8. The first kappa shape index (κ1) is 23.1. The number of rotatable bonds is 6. The molecule has 0 aliphatic carbocycles. The minimum Gasteiger partial charge on any atom is -0.444 e. The fraction of sp³-hybridized carbons (Fsp3) is 0.333. The molecule has 0 unspecified atom stereocenters. The van der Waals surface area contributed by atoms with Crippen molar-refractivity contribution in [1.82, 2.24) is 15.6 Å². The number of hydrogen-bond donors (Lipinski definition) is 2. The number of aromatic nitrogens is 1. The van der Waals surface area contributed by atoms with E-state index in [4.69, 9.17) is 9.41 Å². The van der Waals surface area contributed by atoms with Gasteiger partial charge in [0.25, 0.3) is 0 Å². The van der Waals surface area contributed by atoms with E-state index < -0.39 is 0 Å². The molecular formula is C24H30IN5O. The molecule has 1 aliphatic heterocycles.